The second-order valence-electron chi connectivity index (χ2n) is 8.65. The van der Waals surface area contributed by atoms with E-state index in [9.17, 15) is 0 Å². The molecule has 0 aromatic heterocycles. The van der Waals surface area contributed by atoms with Crippen molar-refractivity contribution in [3.8, 4) is 0 Å². The van der Waals surface area contributed by atoms with E-state index in [2.05, 4.69) is 39.5 Å². The Balaban J connectivity index is 1.09. The van der Waals surface area contributed by atoms with E-state index in [0.29, 0.717) is 6.10 Å². The second-order valence-corrected chi connectivity index (χ2v) is 8.65. The zero-order chi connectivity index (χ0) is 17.5. The van der Waals surface area contributed by atoms with Crippen LogP contribution in [0.2, 0.25) is 0 Å². The third-order valence-electron chi connectivity index (χ3n) is 6.92. The summed E-state index contributed by atoms with van der Waals surface area (Å²) in [6, 6.07) is 9.01. The number of benzene rings is 1. The van der Waals surface area contributed by atoms with Crippen LogP contribution in [-0.2, 0) is 11.2 Å². The van der Waals surface area contributed by atoms with Crippen molar-refractivity contribution in [2.45, 2.75) is 44.1 Å². The first-order valence-corrected chi connectivity index (χ1v) is 10.5. The van der Waals surface area contributed by atoms with E-state index in [4.69, 9.17) is 4.74 Å². The summed E-state index contributed by atoms with van der Waals surface area (Å²) >= 11 is 0. The Morgan fingerprint density at radius 2 is 2.00 bits per heavy atom. The number of aliphatic imine (C=N–C) groups is 1. The van der Waals surface area contributed by atoms with Gasteiger partial charge in [-0.1, -0.05) is 24.3 Å². The van der Waals surface area contributed by atoms with Crippen molar-refractivity contribution in [2.75, 3.05) is 33.3 Å². The van der Waals surface area contributed by atoms with Crippen molar-refractivity contribution < 1.29 is 4.74 Å². The van der Waals surface area contributed by atoms with Gasteiger partial charge in [0.25, 0.3) is 0 Å². The fraction of sp³-hybridized carbons (Fsp3) is 0.682. The third kappa shape index (κ3) is 3.24. The van der Waals surface area contributed by atoms with Crippen LogP contribution in [0.5, 0.6) is 0 Å². The van der Waals surface area contributed by atoms with E-state index in [1.54, 1.807) is 11.1 Å². The molecule has 0 radical (unpaired) electrons. The third-order valence-corrected chi connectivity index (χ3v) is 6.92. The lowest BCUT2D eigenvalue weighted by Crippen LogP contribution is -2.47. The molecule has 0 amide bonds. The molecule has 4 aliphatic rings. The fourth-order valence-electron chi connectivity index (χ4n) is 5.09. The number of hydrogen-bond acceptors (Lipinski definition) is 2. The zero-order valence-corrected chi connectivity index (χ0v) is 15.9. The van der Waals surface area contributed by atoms with E-state index in [1.165, 1.54) is 19.3 Å². The maximum Gasteiger partial charge on any atom is 0.193 e. The maximum atomic E-state index is 6.07. The monoisotopic (exact) mass is 353 g/mol. The van der Waals surface area contributed by atoms with Crippen molar-refractivity contribution in [3.63, 3.8) is 0 Å². The van der Waals surface area contributed by atoms with Crippen LogP contribution in [0, 0.1) is 17.8 Å². The molecule has 1 saturated heterocycles. The largest absolute Gasteiger partial charge is 0.378 e. The molecule has 1 aliphatic heterocycles. The molecular formula is C22H31N3O. The normalized spacial score (nSPS) is 30.9. The standard InChI is InChI=1S/C22H31N3O/c1-23-22(25-10-8-17(9-11-25)26-14-15-6-7-15)24-13-20-19-12-16-4-2-3-5-18(16)21(19)20/h2-5,15,17,19-21H,6-14H2,1H3,(H,23,24). The lowest BCUT2D eigenvalue weighted by molar-refractivity contribution is 0.0131. The first-order chi connectivity index (χ1) is 12.8. The van der Waals surface area contributed by atoms with Crippen LogP contribution < -0.4 is 5.32 Å². The van der Waals surface area contributed by atoms with Crippen LogP contribution >= 0.6 is 0 Å². The molecule has 4 heteroatoms. The first-order valence-electron chi connectivity index (χ1n) is 10.5. The summed E-state index contributed by atoms with van der Waals surface area (Å²) < 4.78 is 6.07. The molecule has 1 N–H and O–H groups in total. The number of nitrogens with zero attached hydrogens (tertiary/aromatic N) is 2. The molecule has 0 bridgehead atoms. The van der Waals surface area contributed by atoms with Crippen molar-refractivity contribution in [2.24, 2.45) is 22.7 Å². The molecular weight excluding hydrogens is 322 g/mol. The zero-order valence-electron chi connectivity index (χ0n) is 15.9. The van der Waals surface area contributed by atoms with Crippen LogP contribution in [0.25, 0.3) is 0 Å². The number of piperidine rings is 1. The Morgan fingerprint density at radius 1 is 1.19 bits per heavy atom. The van der Waals surface area contributed by atoms with E-state index in [0.717, 1.165) is 68.7 Å². The van der Waals surface area contributed by atoms with Crippen LogP contribution in [0.4, 0.5) is 0 Å². The topological polar surface area (TPSA) is 36.9 Å². The molecule has 3 aliphatic carbocycles. The van der Waals surface area contributed by atoms with E-state index in [-0.39, 0.29) is 0 Å². The van der Waals surface area contributed by atoms with Crippen LogP contribution in [-0.4, -0.2) is 50.3 Å². The summed E-state index contributed by atoms with van der Waals surface area (Å²) in [5.74, 6) is 4.40. The Labute approximate surface area is 157 Å². The number of nitrogens with one attached hydrogen (secondary N) is 1. The number of hydrogen-bond donors (Lipinski definition) is 1. The minimum absolute atomic E-state index is 0.462. The molecule has 5 rings (SSSR count). The van der Waals surface area contributed by atoms with Gasteiger partial charge in [-0.3, -0.25) is 4.99 Å². The highest BCUT2D eigenvalue weighted by Crippen LogP contribution is 2.60. The number of guanidine groups is 1. The van der Waals surface area contributed by atoms with Crippen LogP contribution in [0.3, 0.4) is 0 Å². The Hall–Kier alpha value is -1.55. The summed E-state index contributed by atoms with van der Waals surface area (Å²) in [6.07, 6.45) is 6.76. The molecule has 26 heavy (non-hydrogen) atoms. The molecule has 1 heterocycles. The molecule has 1 aromatic carbocycles. The Bertz CT molecular complexity index is 676. The van der Waals surface area contributed by atoms with Gasteiger partial charge >= 0.3 is 0 Å². The number of fused-ring (bicyclic) bond motifs is 3. The van der Waals surface area contributed by atoms with Crippen molar-refractivity contribution in [1.29, 1.82) is 0 Å². The summed E-state index contributed by atoms with van der Waals surface area (Å²) in [7, 11) is 1.92. The maximum absolute atomic E-state index is 6.07. The summed E-state index contributed by atoms with van der Waals surface area (Å²) in [5, 5.41) is 3.67. The molecule has 140 valence electrons. The fourth-order valence-corrected chi connectivity index (χ4v) is 5.09. The van der Waals surface area contributed by atoms with Gasteiger partial charge in [-0.05, 0) is 66.9 Å². The number of ether oxygens (including phenoxy) is 1. The average Bonchev–Trinajstić information content (AvgIpc) is 3.59. The predicted molar refractivity (Wildman–Crippen MR) is 104 cm³/mol. The highest BCUT2D eigenvalue weighted by Gasteiger charge is 2.55. The summed E-state index contributed by atoms with van der Waals surface area (Å²) in [5.41, 5.74) is 3.18. The van der Waals surface area contributed by atoms with Gasteiger partial charge in [-0.15, -0.1) is 0 Å². The highest BCUT2D eigenvalue weighted by atomic mass is 16.5. The first kappa shape index (κ1) is 16.6. The second kappa shape index (κ2) is 6.88. The molecule has 3 fully saturated rings. The van der Waals surface area contributed by atoms with Gasteiger partial charge in [0.2, 0.25) is 0 Å². The van der Waals surface area contributed by atoms with Gasteiger partial charge in [-0.2, -0.15) is 0 Å². The molecule has 3 atom stereocenters. The summed E-state index contributed by atoms with van der Waals surface area (Å²) in [4.78, 5) is 6.97. The Morgan fingerprint density at radius 3 is 2.77 bits per heavy atom. The molecule has 1 aromatic rings. The minimum Gasteiger partial charge on any atom is -0.378 e. The van der Waals surface area contributed by atoms with Gasteiger partial charge in [-0.25, -0.2) is 0 Å². The SMILES string of the molecule is CN=C(NCC1C2Cc3ccccc3C12)N1CCC(OCC2CC2)CC1. The predicted octanol–water partition coefficient (Wildman–Crippen LogP) is 3.04. The van der Waals surface area contributed by atoms with E-state index >= 15 is 0 Å². The number of likely N-dealkylation sites (tertiary alicyclic amines) is 1. The average molecular weight is 354 g/mol. The van der Waals surface area contributed by atoms with E-state index < -0.39 is 0 Å². The molecule has 0 spiro atoms. The van der Waals surface area contributed by atoms with Crippen molar-refractivity contribution in [3.05, 3.63) is 35.4 Å². The number of rotatable bonds is 5. The van der Waals surface area contributed by atoms with Gasteiger partial charge in [0.05, 0.1) is 6.10 Å². The van der Waals surface area contributed by atoms with Gasteiger partial charge < -0.3 is 15.0 Å². The molecule has 3 unspecified atom stereocenters. The van der Waals surface area contributed by atoms with Gasteiger partial charge in [0.1, 0.15) is 0 Å². The minimum atomic E-state index is 0.462. The van der Waals surface area contributed by atoms with Crippen LogP contribution in [0.15, 0.2) is 29.3 Å². The molecule has 4 nitrogen and oxygen atoms in total. The lowest BCUT2D eigenvalue weighted by atomic mass is 10.0. The van der Waals surface area contributed by atoms with Crippen molar-refractivity contribution >= 4 is 5.96 Å². The van der Waals surface area contributed by atoms with Crippen molar-refractivity contribution in [1.82, 2.24) is 10.2 Å². The lowest BCUT2D eigenvalue weighted by Gasteiger charge is -2.34. The van der Waals surface area contributed by atoms with Gasteiger partial charge in [0.15, 0.2) is 5.96 Å². The quantitative estimate of drug-likeness (QED) is 0.653. The van der Waals surface area contributed by atoms with Crippen LogP contribution in [0.1, 0.15) is 42.7 Å². The summed E-state index contributed by atoms with van der Waals surface area (Å²) in [6.45, 7) is 4.18. The smallest absolute Gasteiger partial charge is 0.193 e. The van der Waals surface area contributed by atoms with E-state index in [1.807, 2.05) is 7.05 Å². The van der Waals surface area contributed by atoms with Gasteiger partial charge in [0, 0.05) is 33.3 Å². The Kier molecular flexibility index (Phi) is 4.39. The highest BCUT2D eigenvalue weighted by molar-refractivity contribution is 5.80. The molecule has 2 saturated carbocycles.